The van der Waals surface area contributed by atoms with E-state index in [4.69, 9.17) is 16.0 Å². The second-order valence-electron chi connectivity index (χ2n) is 9.58. The van der Waals surface area contributed by atoms with E-state index in [-0.39, 0.29) is 16.9 Å². The molecule has 11 heteroatoms. The number of thiophene rings is 2. The van der Waals surface area contributed by atoms with E-state index in [9.17, 15) is 14.9 Å². The summed E-state index contributed by atoms with van der Waals surface area (Å²) in [6, 6.07) is 12.0. The number of hydrogen-bond donors (Lipinski definition) is 2. The Morgan fingerprint density at radius 3 is 2.36 bits per heavy atom. The maximum atomic E-state index is 12.9. The van der Waals surface area contributed by atoms with Crippen molar-refractivity contribution in [2.45, 2.75) is 38.9 Å². The fourth-order valence-electron chi connectivity index (χ4n) is 2.96. The lowest BCUT2D eigenvalue weighted by Crippen LogP contribution is -2.42. The van der Waals surface area contributed by atoms with Crippen molar-refractivity contribution in [3.63, 3.8) is 0 Å². The van der Waals surface area contributed by atoms with Crippen LogP contribution < -0.4 is 15.5 Å². The lowest BCUT2D eigenvalue weighted by atomic mass is 10.2. The molecule has 0 aliphatic heterocycles. The molecule has 0 fully saturated rings. The Hall–Kier alpha value is -2.68. The third-order valence-corrected chi connectivity index (χ3v) is 12.7. The van der Waals surface area contributed by atoms with Gasteiger partial charge in [0.25, 0.3) is 11.8 Å². The van der Waals surface area contributed by atoms with Crippen molar-refractivity contribution in [3.05, 3.63) is 61.9 Å². The highest BCUT2D eigenvalue weighted by Crippen LogP contribution is 2.36. The number of carbonyl (C=O) groups is 2. The minimum atomic E-state index is -1.89. The number of benzene rings is 1. The number of hydrogen-bond acceptors (Lipinski definition) is 7. The van der Waals surface area contributed by atoms with E-state index in [1.54, 1.807) is 52.7 Å². The molecule has 0 aliphatic rings. The summed E-state index contributed by atoms with van der Waals surface area (Å²) in [6.07, 6.45) is 2.20. The number of carbonyl (C=O) groups excluding carboxylic acids is 2. The van der Waals surface area contributed by atoms with Gasteiger partial charge < -0.3 is 15.1 Å². The molecular weight excluding hydrogens is 532 g/mol. The molecule has 7 nitrogen and oxygen atoms in total. The topological polar surface area (TPSA) is 94.5 Å². The van der Waals surface area contributed by atoms with Gasteiger partial charge in [-0.1, -0.05) is 32.4 Å². The maximum absolute atomic E-state index is 12.9. The molecule has 0 saturated carbocycles. The molecule has 2 heterocycles. The van der Waals surface area contributed by atoms with Gasteiger partial charge >= 0.3 is 0 Å². The van der Waals surface area contributed by atoms with Crippen molar-refractivity contribution in [2.75, 3.05) is 28.7 Å². The van der Waals surface area contributed by atoms with E-state index in [1.165, 1.54) is 22.7 Å². The molecule has 1 aromatic carbocycles. The minimum Gasteiger partial charge on any atom is -0.415 e. The van der Waals surface area contributed by atoms with Crippen molar-refractivity contribution in [2.24, 2.45) is 0 Å². The van der Waals surface area contributed by atoms with Crippen molar-refractivity contribution >= 4 is 71.5 Å². The van der Waals surface area contributed by atoms with E-state index < -0.39 is 8.32 Å². The molecule has 2 aromatic heterocycles. The van der Waals surface area contributed by atoms with Crippen LogP contribution in [0.5, 0.6) is 0 Å². The van der Waals surface area contributed by atoms with Gasteiger partial charge in [0.1, 0.15) is 4.88 Å². The van der Waals surface area contributed by atoms with Crippen molar-refractivity contribution < 1.29 is 14.0 Å². The lowest BCUT2D eigenvalue weighted by molar-refractivity contribution is 0.103. The molecule has 0 spiro atoms. The third-order valence-electron chi connectivity index (χ3n) is 6.06. The van der Waals surface area contributed by atoms with E-state index in [0.29, 0.717) is 44.3 Å². The first kappa shape index (κ1) is 27.9. The minimum absolute atomic E-state index is 0.104. The SMILES string of the molecule is CC(C)(C)[Si](C)(C)OCCN(C#N)c1ccc(NC(=O)c2sccc2NC(=O)c2ccc(Cl)s2)cc1. The summed E-state index contributed by atoms with van der Waals surface area (Å²) in [6.45, 7) is 11.8. The Balaban J connectivity index is 1.60. The van der Waals surface area contributed by atoms with Gasteiger partial charge in [0.2, 0.25) is 0 Å². The molecule has 0 bridgehead atoms. The molecule has 3 rings (SSSR count). The van der Waals surface area contributed by atoms with Crippen LogP contribution in [0.2, 0.25) is 22.5 Å². The van der Waals surface area contributed by atoms with Crippen LogP contribution >= 0.6 is 34.3 Å². The van der Waals surface area contributed by atoms with Gasteiger partial charge in [0, 0.05) is 5.69 Å². The molecule has 3 aromatic rings. The number of nitrogens with zero attached hydrogens (tertiary/aromatic N) is 2. The van der Waals surface area contributed by atoms with Gasteiger partial charge in [-0.15, -0.1) is 22.7 Å². The summed E-state index contributed by atoms with van der Waals surface area (Å²) < 4.78 is 6.71. The van der Waals surface area contributed by atoms with Gasteiger partial charge in [-0.05, 0) is 66.0 Å². The first-order valence-corrected chi connectivity index (χ1v) is 16.3. The molecular formula is C25H29ClN4O3S2Si. The molecule has 0 atom stereocenters. The van der Waals surface area contributed by atoms with Crippen LogP contribution in [0, 0.1) is 11.5 Å². The average molecular weight is 561 g/mol. The summed E-state index contributed by atoms with van der Waals surface area (Å²) in [7, 11) is -1.89. The van der Waals surface area contributed by atoms with E-state index in [2.05, 4.69) is 50.7 Å². The van der Waals surface area contributed by atoms with Crippen LogP contribution in [0.4, 0.5) is 17.1 Å². The number of nitrogens with one attached hydrogen (secondary N) is 2. The summed E-state index contributed by atoms with van der Waals surface area (Å²) >= 11 is 8.31. The Morgan fingerprint density at radius 1 is 1.08 bits per heavy atom. The van der Waals surface area contributed by atoms with Crippen molar-refractivity contribution in [3.8, 4) is 6.19 Å². The van der Waals surface area contributed by atoms with Gasteiger partial charge in [-0.3, -0.25) is 14.5 Å². The molecule has 0 radical (unpaired) electrons. The Bertz CT molecular complexity index is 1260. The first-order chi connectivity index (χ1) is 16.9. The molecule has 190 valence electrons. The Labute approximate surface area is 225 Å². The van der Waals surface area contributed by atoms with Crippen molar-refractivity contribution in [1.29, 1.82) is 5.26 Å². The zero-order valence-electron chi connectivity index (χ0n) is 20.8. The second kappa shape index (κ2) is 11.6. The van der Waals surface area contributed by atoms with Gasteiger partial charge in [0.15, 0.2) is 14.5 Å². The molecule has 0 saturated heterocycles. The number of rotatable bonds is 9. The first-order valence-electron chi connectivity index (χ1n) is 11.3. The monoisotopic (exact) mass is 560 g/mol. The zero-order chi connectivity index (χ0) is 26.5. The largest absolute Gasteiger partial charge is 0.415 e. The fourth-order valence-corrected chi connectivity index (χ4v) is 5.68. The standard InChI is InChI=1S/C25H29ClN4O3S2Si/c1-25(2,3)36(4,5)33-14-13-30(16-27)18-8-6-17(7-9-18)28-24(32)22-19(12-15-34-22)29-23(31)20-10-11-21(26)35-20/h6-12,15H,13-14H2,1-5H3,(H,28,32)(H,29,31). The number of anilines is 3. The van der Waals surface area contributed by atoms with Crippen LogP contribution in [0.3, 0.4) is 0 Å². The fraction of sp³-hybridized carbons (Fsp3) is 0.320. The van der Waals surface area contributed by atoms with Gasteiger partial charge in [0.05, 0.1) is 33.7 Å². The van der Waals surface area contributed by atoms with Gasteiger partial charge in [-0.25, -0.2) is 0 Å². The van der Waals surface area contributed by atoms with E-state index >= 15 is 0 Å². The Morgan fingerprint density at radius 2 is 1.78 bits per heavy atom. The molecule has 2 amide bonds. The summed E-state index contributed by atoms with van der Waals surface area (Å²) in [4.78, 5) is 27.7. The maximum Gasteiger partial charge on any atom is 0.267 e. The number of amides is 2. The molecule has 2 N–H and O–H groups in total. The van der Waals surface area contributed by atoms with Crippen molar-refractivity contribution in [1.82, 2.24) is 0 Å². The lowest BCUT2D eigenvalue weighted by Gasteiger charge is -2.36. The van der Waals surface area contributed by atoms with Gasteiger partial charge in [-0.2, -0.15) is 5.26 Å². The van der Waals surface area contributed by atoms with Crippen LogP contribution in [0.25, 0.3) is 0 Å². The normalized spacial score (nSPS) is 11.6. The molecule has 36 heavy (non-hydrogen) atoms. The van der Waals surface area contributed by atoms with Crippen LogP contribution in [0.15, 0.2) is 47.8 Å². The number of nitriles is 1. The van der Waals surface area contributed by atoms with E-state index in [1.807, 2.05) is 0 Å². The number of halogens is 1. The molecule has 0 aliphatic carbocycles. The predicted molar refractivity (Wildman–Crippen MR) is 152 cm³/mol. The quantitative estimate of drug-likeness (QED) is 0.163. The molecule has 0 unspecified atom stereocenters. The smallest absolute Gasteiger partial charge is 0.267 e. The summed E-state index contributed by atoms with van der Waals surface area (Å²) in [5.74, 6) is -0.657. The van der Waals surface area contributed by atoms with Crippen LogP contribution in [-0.2, 0) is 4.43 Å². The highest BCUT2D eigenvalue weighted by Gasteiger charge is 2.37. The van der Waals surface area contributed by atoms with Crippen LogP contribution in [0.1, 0.15) is 40.1 Å². The second-order valence-corrected chi connectivity index (χ2v) is 17.0. The zero-order valence-corrected chi connectivity index (χ0v) is 24.2. The highest BCUT2D eigenvalue weighted by atomic mass is 35.5. The van der Waals surface area contributed by atoms with Crippen LogP contribution in [-0.4, -0.2) is 33.3 Å². The summed E-state index contributed by atoms with van der Waals surface area (Å²) in [5.41, 5.74) is 1.73. The Kier molecular flexibility index (Phi) is 8.97. The van der Waals surface area contributed by atoms with E-state index in [0.717, 1.165) is 0 Å². The summed E-state index contributed by atoms with van der Waals surface area (Å²) in [5, 5.41) is 17.1. The average Bonchev–Trinajstić information content (AvgIpc) is 3.45. The highest BCUT2D eigenvalue weighted by molar-refractivity contribution is 7.18. The predicted octanol–water partition coefficient (Wildman–Crippen LogP) is 7.28. The third kappa shape index (κ3) is 6.96.